The van der Waals surface area contributed by atoms with Crippen LogP contribution < -0.4 is 15.0 Å². The fourth-order valence-corrected chi connectivity index (χ4v) is 3.82. The van der Waals surface area contributed by atoms with E-state index in [1.54, 1.807) is 12.7 Å². The van der Waals surface area contributed by atoms with Gasteiger partial charge < -0.3 is 29.9 Å². The highest BCUT2D eigenvalue weighted by molar-refractivity contribution is 5.89. The molecule has 0 saturated heterocycles. The van der Waals surface area contributed by atoms with Crippen LogP contribution in [0.15, 0.2) is 18.2 Å². The second kappa shape index (κ2) is 12.2. The Morgan fingerprint density at radius 2 is 1.93 bits per heavy atom. The lowest BCUT2D eigenvalue weighted by Gasteiger charge is -2.35. The van der Waals surface area contributed by atoms with Gasteiger partial charge in [-0.1, -0.05) is 13.3 Å². The molecule has 0 aliphatic carbocycles. The minimum absolute atomic E-state index is 0.558. The zero-order valence-corrected chi connectivity index (χ0v) is 17.8. The van der Waals surface area contributed by atoms with Crippen molar-refractivity contribution in [3.8, 4) is 5.75 Å². The molecule has 2 heterocycles. The predicted molar refractivity (Wildman–Crippen MR) is 115 cm³/mol. The summed E-state index contributed by atoms with van der Waals surface area (Å²) in [6.45, 7) is 7.88. The van der Waals surface area contributed by atoms with Crippen LogP contribution in [-0.4, -0.2) is 68.7 Å². The number of aliphatic carboxylic acids is 2. The SMILES string of the molecule is CCCc1c2c(cc3c1N(CCOC)CCO3)CCNCC2.O=C(O)/C=C/C(=O)O. The fraction of sp³-hybridized carbons (Fsp3) is 0.545. The molecule has 8 nitrogen and oxygen atoms in total. The molecule has 0 amide bonds. The Labute approximate surface area is 177 Å². The number of carbonyl (C=O) groups is 2. The van der Waals surface area contributed by atoms with Gasteiger partial charge in [0.25, 0.3) is 0 Å². The Morgan fingerprint density at radius 3 is 2.57 bits per heavy atom. The minimum Gasteiger partial charge on any atom is -0.490 e. The zero-order valence-electron chi connectivity index (χ0n) is 17.8. The number of nitrogens with zero attached hydrogens (tertiary/aromatic N) is 1. The molecule has 0 spiro atoms. The maximum atomic E-state index is 9.55. The number of carboxylic acid groups (broad SMARTS) is 2. The number of rotatable bonds is 7. The third-order valence-corrected chi connectivity index (χ3v) is 5.07. The lowest BCUT2D eigenvalue weighted by molar-refractivity contribution is -0.134. The van der Waals surface area contributed by atoms with Crippen molar-refractivity contribution >= 4 is 17.6 Å². The van der Waals surface area contributed by atoms with Gasteiger partial charge in [-0.25, -0.2) is 9.59 Å². The lowest BCUT2D eigenvalue weighted by Crippen LogP contribution is -2.36. The fourth-order valence-electron chi connectivity index (χ4n) is 3.82. The van der Waals surface area contributed by atoms with E-state index in [0.29, 0.717) is 12.2 Å². The van der Waals surface area contributed by atoms with Gasteiger partial charge in [-0.2, -0.15) is 0 Å². The number of benzene rings is 1. The number of hydrogen-bond donors (Lipinski definition) is 3. The van der Waals surface area contributed by atoms with Crippen molar-refractivity contribution in [3.05, 3.63) is 34.9 Å². The molecule has 0 fully saturated rings. The lowest BCUT2D eigenvalue weighted by atomic mass is 9.91. The summed E-state index contributed by atoms with van der Waals surface area (Å²) in [5.41, 5.74) is 5.92. The van der Waals surface area contributed by atoms with E-state index in [2.05, 4.69) is 23.2 Å². The van der Waals surface area contributed by atoms with Gasteiger partial charge in [0.15, 0.2) is 0 Å². The van der Waals surface area contributed by atoms with Crippen LogP contribution in [0.1, 0.15) is 30.0 Å². The Morgan fingerprint density at radius 1 is 1.23 bits per heavy atom. The van der Waals surface area contributed by atoms with Crippen LogP contribution in [-0.2, 0) is 33.6 Å². The maximum absolute atomic E-state index is 9.55. The molecule has 0 atom stereocenters. The van der Waals surface area contributed by atoms with Crippen molar-refractivity contribution in [1.82, 2.24) is 5.32 Å². The van der Waals surface area contributed by atoms with Crippen LogP contribution in [0.2, 0.25) is 0 Å². The van der Waals surface area contributed by atoms with Crippen LogP contribution in [0.5, 0.6) is 5.75 Å². The van der Waals surface area contributed by atoms with Gasteiger partial charge in [0.1, 0.15) is 12.4 Å². The summed E-state index contributed by atoms with van der Waals surface area (Å²) < 4.78 is 11.3. The molecule has 3 rings (SSSR count). The van der Waals surface area contributed by atoms with Gasteiger partial charge in [-0.15, -0.1) is 0 Å². The molecule has 1 aromatic carbocycles. The van der Waals surface area contributed by atoms with E-state index in [1.807, 2.05) is 0 Å². The Bertz CT molecular complexity index is 746. The molecule has 166 valence electrons. The van der Waals surface area contributed by atoms with Crippen LogP contribution in [0.4, 0.5) is 5.69 Å². The van der Waals surface area contributed by atoms with E-state index in [-0.39, 0.29) is 0 Å². The number of anilines is 1. The number of nitrogens with one attached hydrogen (secondary N) is 1. The topological polar surface area (TPSA) is 108 Å². The molecular formula is C22H32N2O6. The summed E-state index contributed by atoms with van der Waals surface area (Å²) in [7, 11) is 1.77. The van der Waals surface area contributed by atoms with Crippen molar-refractivity contribution in [1.29, 1.82) is 0 Å². The molecule has 30 heavy (non-hydrogen) atoms. The van der Waals surface area contributed by atoms with Crippen molar-refractivity contribution in [2.75, 3.05) is 51.4 Å². The molecule has 0 bridgehead atoms. The van der Waals surface area contributed by atoms with Gasteiger partial charge in [-0.05, 0) is 55.1 Å². The van der Waals surface area contributed by atoms with Crippen LogP contribution in [0, 0.1) is 0 Å². The number of ether oxygens (including phenoxy) is 2. The van der Waals surface area contributed by atoms with E-state index < -0.39 is 11.9 Å². The molecule has 0 unspecified atom stereocenters. The quantitative estimate of drug-likeness (QED) is 0.574. The molecule has 1 aromatic rings. The van der Waals surface area contributed by atoms with Crippen molar-refractivity contribution in [3.63, 3.8) is 0 Å². The highest BCUT2D eigenvalue weighted by Crippen LogP contribution is 2.40. The van der Waals surface area contributed by atoms with E-state index in [0.717, 1.165) is 64.4 Å². The molecule has 0 aromatic heterocycles. The van der Waals surface area contributed by atoms with Gasteiger partial charge in [-0.3, -0.25) is 0 Å². The van der Waals surface area contributed by atoms with Crippen molar-refractivity contribution in [2.24, 2.45) is 0 Å². The highest BCUT2D eigenvalue weighted by Gasteiger charge is 2.26. The third-order valence-electron chi connectivity index (χ3n) is 5.07. The van der Waals surface area contributed by atoms with Gasteiger partial charge in [0.2, 0.25) is 0 Å². The molecule has 0 radical (unpaired) electrons. The predicted octanol–water partition coefficient (Wildman–Crippen LogP) is 1.88. The Hall–Kier alpha value is -2.58. The van der Waals surface area contributed by atoms with E-state index >= 15 is 0 Å². The summed E-state index contributed by atoms with van der Waals surface area (Å²) in [6.07, 6.45) is 5.67. The maximum Gasteiger partial charge on any atom is 0.328 e. The second-order valence-corrected chi connectivity index (χ2v) is 7.18. The monoisotopic (exact) mass is 420 g/mol. The molecule has 3 N–H and O–H groups in total. The number of fused-ring (bicyclic) bond motifs is 2. The summed E-state index contributed by atoms with van der Waals surface area (Å²) in [5, 5.41) is 19.1. The van der Waals surface area contributed by atoms with Crippen LogP contribution in [0.3, 0.4) is 0 Å². The summed E-state index contributed by atoms with van der Waals surface area (Å²) in [5.74, 6) is -1.42. The first-order chi connectivity index (χ1) is 14.5. The largest absolute Gasteiger partial charge is 0.490 e. The standard InChI is InChI=1S/C18H28N2O2.C4H4O4/c1-3-4-16-15-6-8-19-7-5-14(15)13-17-18(16)20(9-11-21-2)10-12-22-17;5-3(6)1-2-4(7)8/h13,19H,3-12H2,1-2H3;1-2H,(H,5,6)(H,7,8)/b;2-1+. The van der Waals surface area contributed by atoms with E-state index in [9.17, 15) is 9.59 Å². The van der Waals surface area contributed by atoms with Crippen LogP contribution >= 0.6 is 0 Å². The number of carboxylic acids is 2. The average Bonchev–Trinajstić information content (AvgIpc) is 2.96. The average molecular weight is 421 g/mol. The first kappa shape index (κ1) is 23.7. The smallest absolute Gasteiger partial charge is 0.328 e. The Balaban J connectivity index is 0.000000343. The normalized spacial score (nSPS) is 15.3. The van der Waals surface area contributed by atoms with Gasteiger partial charge >= 0.3 is 11.9 Å². The van der Waals surface area contributed by atoms with Crippen molar-refractivity contribution in [2.45, 2.75) is 32.6 Å². The van der Waals surface area contributed by atoms with Gasteiger partial charge in [0.05, 0.1) is 18.8 Å². The second-order valence-electron chi connectivity index (χ2n) is 7.18. The summed E-state index contributed by atoms with van der Waals surface area (Å²) in [4.78, 5) is 21.6. The first-order valence-electron chi connectivity index (χ1n) is 10.4. The highest BCUT2D eigenvalue weighted by atomic mass is 16.5. The molecule has 2 aliphatic heterocycles. The third kappa shape index (κ3) is 6.74. The van der Waals surface area contributed by atoms with Crippen molar-refractivity contribution < 1.29 is 29.3 Å². The summed E-state index contributed by atoms with van der Waals surface area (Å²) in [6, 6.07) is 2.30. The molecule has 8 heteroatoms. The van der Waals surface area contributed by atoms with Crippen LogP contribution in [0.25, 0.3) is 0 Å². The minimum atomic E-state index is -1.26. The molecule has 0 saturated carbocycles. The summed E-state index contributed by atoms with van der Waals surface area (Å²) >= 11 is 0. The van der Waals surface area contributed by atoms with E-state index in [4.69, 9.17) is 19.7 Å². The Kier molecular flexibility index (Phi) is 9.63. The number of hydrogen-bond acceptors (Lipinski definition) is 6. The molecular weight excluding hydrogens is 388 g/mol. The molecule has 2 aliphatic rings. The van der Waals surface area contributed by atoms with Gasteiger partial charge in [0, 0.05) is 25.8 Å². The first-order valence-corrected chi connectivity index (χ1v) is 10.4. The van der Waals surface area contributed by atoms with E-state index in [1.165, 1.54) is 23.2 Å². The zero-order chi connectivity index (χ0) is 21.9. The number of methoxy groups -OCH3 is 1.